The number of rotatable bonds is 6. The predicted molar refractivity (Wildman–Crippen MR) is 111 cm³/mol. The van der Waals surface area contributed by atoms with Gasteiger partial charge in [-0.25, -0.2) is 4.98 Å². The van der Waals surface area contributed by atoms with E-state index in [-0.39, 0.29) is 5.91 Å². The van der Waals surface area contributed by atoms with Gasteiger partial charge in [-0.2, -0.15) is 5.10 Å². The van der Waals surface area contributed by atoms with Crippen LogP contribution in [-0.2, 0) is 4.79 Å². The Morgan fingerprint density at radius 2 is 1.85 bits per heavy atom. The van der Waals surface area contributed by atoms with Crippen molar-refractivity contribution in [3.63, 3.8) is 0 Å². The van der Waals surface area contributed by atoms with E-state index in [2.05, 4.69) is 20.8 Å². The number of amides is 1. The van der Waals surface area contributed by atoms with E-state index in [9.17, 15) is 4.79 Å². The van der Waals surface area contributed by atoms with Crippen molar-refractivity contribution >= 4 is 33.6 Å². The van der Waals surface area contributed by atoms with Crippen LogP contribution in [0.15, 0.2) is 53.6 Å². The van der Waals surface area contributed by atoms with Crippen molar-refractivity contribution in [3.8, 4) is 17.0 Å². The first-order chi connectivity index (χ1) is 13.0. The fourth-order valence-corrected chi connectivity index (χ4v) is 3.26. The van der Waals surface area contributed by atoms with Crippen LogP contribution in [-0.4, -0.2) is 24.2 Å². The highest BCUT2D eigenvalue weighted by Crippen LogP contribution is 2.36. The van der Waals surface area contributed by atoms with Gasteiger partial charge in [0.2, 0.25) is 11.0 Å². The molecule has 0 aliphatic carbocycles. The number of hydrogen-bond acceptors (Lipinski definition) is 6. The van der Waals surface area contributed by atoms with Crippen LogP contribution in [0.25, 0.3) is 11.3 Å². The molecule has 2 aromatic carbocycles. The fourth-order valence-electron chi connectivity index (χ4n) is 2.37. The maximum atomic E-state index is 11.5. The van der Waals surface area contributed by atoms with Crippen LogP contribution < -0.4 is 15.5 Å². The van der Waals surface area contributed by atoms with Crippen LogP contribution in [0.1, 0.15) is 18.1 Å². The molecule has 1 heterocycles. The number of benzene rings is 2. The van der Waals surface area contributed by atoms with E-state index in [0.29, 0.717) is 10.1 Å². The quantitative estimate of drug-likeness (QED) is 0.487. The summed E-state index contributed by atoms with van der Waals surface area (Å²) >= 11 is 1.34. The molecule has 3 aromatic rings. The van der Waals surface area contributed by atoms with E-state index < -0.39 is 0 Å². The number of hydrazone groups is 1. The molecule has 0 saturated heterocycles. The average Bonchev–Trinajstić information content (AvgIpc) is 3.05. The van der Waals surface area contributed by atoms with Crippen molar-refractivity contribution in [2.75, 3.05) is 17.9 Å². The molecule has 1 aromatic heterocycles. The van der Waals surface area contributed by atoms with E-state index in [1.165, 1.54) is 18.3 Å². The van der Waals surface area contributed by atoms with Gasteiger partial charge in [0.15, 0.2) is 0 Å². The minimum atomic E-state index is -0.139. The molecule has 0 aliphatic heterocycles. The highest BCUT2D eigenvalue weighted by molar-refractivity contribution is 7.20. The van der Waals surface area contributed by atoms with Crippen LogP contribution in [0.5, 0.6) is 5.75 Å². The SMILES string of the molecule is COc1ccc(C=NNc2nc(-c3ccc(C)cc3)c(NC(C)=O)s2)cc1. The molecule has 0 bridgehead atoms. The molecular formula is C20H20N4O2S. The average molecular weight is 380 g/mol. The molecule has 2 N–H and O–H groups in total. The number of ether oxygens (including phenoxy) is 1. The van der Waals surface area contributed by atoms with Gasteiger partial charge in [-0.3, -0.25) is 10.2 Å². The van der Waals surface area contributed by atoms with Crippen molar-refractivity contribution in [2.24, 2.45) is 5.10 Å². The lowest BCUT2D eigenvalue weighted by Gasteiger charge is -2.02. The van der Waals surface area contributed by atoms with E-state index in [1.807, 2.05) is 55.5 Å². The van der Waals surface area contributed by atoms with E-state index in [4.69, 9.17) is 4.74 Å². The first kappa shape index (κ1) is 18.6. The Kier molecular flexibility index (Phi) is 5.83. The molecule has 138 valence electrons. The largest absolute Gasteiger partial charge is 0.497 e. The molecular weight excluding hydrogens is 360 g/mol. The number of methoxy groups -OCH3 is 1. The minimum absolute atomic E-state index is 0.139. The first-order valence-electron chi connectivity index (χ1n) is 8.34. The molecule has 0 atom stereocenters. The topological polar surface area (TPSA) is 75.6 Å². The highest BCUT2D eigenvalue weighted by atomic mass is 32.1. The number of nitrogens with zero attached hydrogens (tertiary/aromatic N) is 2. The Labute approximate surface area is 161 Å². The zero-order valence-corrected chi connectivity index (χ0v) is 16.1. The smallest absolute Gasteiger partial charge is 0.221 e. The summed E-state index contributed by atoms with van der Waals surface area (Å²) in [5.41, 5.74) is 6.68. The van der Waals surface area contributed by atoms with Gasteiger partial charge in [0.25, 0.3) is 0 Å². The summed E-state index contributed by atoms with van der Waals surface area (Å²) in [7, 11) is 1.63. The molecule has 0 saturated carbocycles. The summed E-state index contributed by atoms with van der Waals surface area (Å²) in [5.74, 6) is 0.656. The van der Waals surface area contributed by atoms with Crippen LogP contribution in [0.4, 0.5) is 10.1 Å². The second-order valence-electron chi connectivity index (χ2n) is 5.89. The Morgan fingerprint density at radius 1 is 1.15 bits per heavy atom. The third-order valence-corrected chi connectivity index (χ3v) is 4.61. The summed E-state index contributed by atoms with van der Waals surface area (Å²) in [4.78, 5) is 16.1. The standard InChI is InChI=1S/C20H20N4O2S/c1-13-4-8-16(9-5-13)18-19(22-14(2)25)27-20(23-18)24-21-12-15-6-10-17(26-3)11-7-15/h4-12H,1-3H3,(H,22,25)(H,23,24). The number of anilines is 2. The third-order valence-electron chi connectivity index (χ3n) is 3.73. The molecule has 7 heteroatoms. The molecule has 6 nitrogen and oxygen atoms in total. The summed E-state index contributed by atoms with van der Waals surface area (Å²) < 4.78 is 5.14. The molecule has 0 spiro atoms. The normalized spacial score (nSPS) is 10.8. The monoisotopic (exact) mass is 380 g/mol. The van der Waals surface area contributed by atoms with Gasteiger partial charge in [-0.05, 0) is 36.8 Å². The number of hydrogen-bond donors (Lipinski definition) is 2. The van der Waals surface area contributed by atoms with Crippen molar-refractivity contribution < 1.29 is 9.53 Å². The molecule has 0 aliphatic rings. The molecule has 0 unspecified atom stereocenters. The van der Waals surface area contributed by atoms with Crippen molar-refractivity contribution in [2.45, 2.75) is 13.8 Å². The Bertz CT molecular complexity index is 947. The van der Waals surface area contributed by atoms with Gasteiger partial charge in [0.05, 0.1) is 13.3 Å². The Balaban J connectivity index is 1.79. The predicted octanol–water partition coefficient (Wildman–Crippen LogP) is 4.53. The Morgan fingerprint density at radius 3 is 2.48 bits per heavy atom. The zero-order chi connectivity index (χ0) is 19.2. The zero-order valence-electron chi connectivity index (χ0n) is 15.3. The summed E-state index contributed by atoms with van der Waals surface area (Å²) in [6.45, 7) is 3.51. The Hall–Kier alpha value is -3.19. The fraction of sp³-hybridized carbons (Fsp3) is 0.150. The van der Waals surface area contributed by atoms with Gasteiger partial charge in [0.1, 0.15) is 16.4 Å². The van der Waals surface area contributed by atoms with Crippen LogP contribution in [0.3, 0.4) is 0 Å². The van der Waals surface area contributed by atoms with Crippen molar-refractivity contribution in [1.82, 2.24) is 4.98 Å². The van der Waals surface area contributed by atoms with Gasteiger partial charge >= 0.3 is 0 Å². The summed E-state index contributed by atoms with van der Waals surface area (Å²) in [6.07, 6.45) is 1.70. The van der Waals surface area contributed by atoms with Crippen LogP contribution >= 0.6 is 11.3 Å². The van der Waals surface area contributed by atoms with E-state index in [0.717, 1.165) is 28.1 Å². The number of aryl methyl sites for hydroxylation is 1. The molecule has 3 rings (SSSR count). The van der Waals surface area contributed by atoms with Crippen molar-refractivity contribution in [1.29, 1.82) is 0 Å². The van der Waals surface area contributed by atoms with Gasteiger partial charge in [-0.1, -0.05) is 41.2 Å². The lowest BCUT2D eigenvalue weighted by atomic mass is 10.1. The lowest BCUT2D eigenvalue weighted by Crippen LogP contribution is -2.05. The lowest BCUT2D eigenvalue weighted by molar-refractivity contribution is -0.114. The summed E-state index contributed by atoms with van der Waals surface area (Å²) in [6, 6.07) is 15.6. The highest BCUT2D eigenvalue weighted by Gasteiger charge is 2.14. The second kappa shape index (κ2) is 8.46. The maximum absolute atomic E-state index is 11.5. The van der Waals surface area contributed by atoms with Gasteiger partial charge in [0, 0.05) is 12.5 Å². The number of thiazole rings is 1. The summed E-state index contributed by atoms with van der Waals surface area (Å²) in [5, 5.41) is 8.35. The van der Waals surface area contributed by atoms with Crippen LogP contribution in [0, 0.1) is 6.92 Å². The number of aromatic nitrogens is 1. The third kappa shape index (κ3) is 4.92. The van der Waals surface area contributed by atoms with Gasteiger partial charge < -0.3 is 10.1 Å². The number of carbonyl (C=O) groups is 1. The number of carbonyl (C=O) groups excluding carboxylic acids is 1. The van der Waals surface area contributed by atoms with E-state index >= 15 is 0 Å². The first-order valence-corrected chi connectivity index (χ1v) is 9.15. The molecule has 27 heavy (non-hydrogen) atoms. The van der Waals surface area contributed by atoms with Crippen molar-refractivity contribution in [3.05, 3.63) is 59.7 Å². The number of nitrogens with one attached hydrogen (secondary N) is 2. The molecule has 0 radical (unpaired) electrons. The van der Waals surface area contributed by atoms with E-state index in [1.54, 1.807) is 13.3 Å². The maximum Gasteiger partial charge on any atom is 0.221 e. The van der Waals surface area contributed by atoms with Gasteiger partial charge in [-0.15, -0.1) is 0 Å². The molecule has 1 amide bonds. The minimum Gasteiger partial charge on any atom is -0.497 e. The molecule has 0 fully saturated rings. The second-order valence-corrected chi connectivity index (χ2v) is 6.89. The van der Waals surface area contributed by atoms with Crippen LogP contribution in [0.2, 0.25) is 0 Å².